The molecule has 0 spiro atoms. The van der Waals surface area contributed by atoms with E-state index in [4.69, 9.17) is 9.47 Å². The van der Waals surface area contributed by atoms with Crippen LogP contribution in [0.5, 0.6) is 5.75 Å². The molecule has 1 aromatic rings. The molecule has 0 saturated heterocycles. The zero-order chi connectivity index (χ0) is 13.7. The minimum atomic E-state index is 0.166. The molecule has 0 bridgehead atoms. The van der Waals surface area contributed by atoms with E-state index in [1.807, 2.05) is 30.3 Å². The minimum absolute atomic E-state index is 0.166. The Labute approximate surface area is 128 Å². The van der Waals surface area contributed by atoms with Crippen LogP contribution >= 0.6 is 22.6 Å². The van der Waals surface area contributed by atoms with E-state index in [0.717, 1.165) is 17.9 Å². The molecule has 0 radical (unpaired) electrons. The van der Waals surface area contributed by atoms with Gasteiger partial charge in [-0.05, 0) is 44.6 Å². The summed E-state index contributed by atoms with van der Waals surface area (Å²) in [5.41, 5.74) is 1.24. The lowest BCUT2D eigenvalue weighted by atomic mass is 10.0. The SMILES string of the molecule is Cc1ccc(OCCOC2=C[C@@](C)(I)CC=C2)cc1. The van der Waals surface area contributed by atoms with Gasteiger partial charge in [0.1, 0.15) is 24.7 Å². The van der Waals surface area contributed by atoms with Crippen LogP contribution in [0.1, 0.15) is 18.9 Å². The molecule has 2 nitrogen and oxygen atoms in total. The van der Waals surface area contributed by atoms with Gasteiger partial charge < -0.3 is 9.47 Å². The molecule has 1 aliphatic rings. The maximum atomic E-state index is 5.71. The first kappa shape index (κ1) is 14.4. The summed E-state index contributed by atoms with van der Waals surface area (Å²) in [5, 5.41) is 0. The van der Waals surface area contributed by atoms with Gasteiger partial charge in [0.15, 0.2) is 0 Å². The van der Waals surface area contributed by atoms with Gasteiger partial charge in [-0.25, -0.2) is 0 Å². The fraction of sp³-hybridized carbons (Fsp3) is 0.375. The van der Waals surface area contributed by atoms with Crippen LogP contribution in [-0.4, -0.2) is 16.6 Å². The van der Waals surface area contributed by atoms with E-state index >= 15 is 0 Å². The Bertz CT molecular complexity index is 472. The summed E-state index contributed by atoms with van der Waals surface area (Å²) < 4.78 is 11.5. The summed E-state index contributed by atoms with van der Waals surface area (Å²) in [6.07, 6.45) is 7.41. The Morgan fingerprint density at radius 2 is 1.84 bits per heavy atom. The van der Waals surface area contributed by atoms with Crippen LogP contribution in [0.3, 0.4) is 0 Å². The zero-order valence-corrected chi connectivity index (χ0v) is 13.5. The predicted molar refractivity (Wildman–Crippen MR) is 86.9 cm³/mol. The van der Waals surface area contributed by atoms with Crippen LogP contribution in [0.25, 0.3) is 0 Å². The smallest absolute Gasteiger partial charge is 0.122 e. The van der Waals surface area contributed by atoms with Gasteiger partial charge in [0, 0.05) is 3.42 Å². The van der Waals surface area contributed by atoms with E-state index in [1.54, 1.807) is 0 Å². The van der Waals surface area contributed by atoms with Gasteiger partial charge >= 0.3 is 0 Å². The second-order valence-corrected chi connectivity index (χ2v) is 7.41. The molecule has 0 saturated carbocycles. The molecule has 0 amide bonds. The Morgan fingerprint density at radius 1 is 1.16 bits per heavy atom. The van der Waals surface area contributed by atoms with Crippen molar-refractivity contribution in [1.82, 2.24) is 0 Å². The number of ether oxygens (including phenoxy) is 2. The van der Waals surface area contributed by atoms with Gasteiger partial charge in [0.2, 0.25) is 0 Å². The van der Waals surface area contributed by atoms with Crippen LogP contribution in [-0.2, 0) is 4.74 Å². The highest BCUT2D eigenvalue weighted by molar-refractivity contribution is 14.1. The zero-order valence-electron chi connectivity index (χ0n) is 11.4. The highest BCUT2D eigenvalue weighted by Gasteiger charge is 2.19. The molecule has 0 heterocycles. The molecule has 0 unspecified atom stereocenters. The van der Waals surface area contributed by atoms with Crippen molar-refractivity contribution in [2.24, 2.45) is 0 Å². The average molecular weight is 370 g/mol. The topological polar surface area (TPSA) is 18.5 Å². The molecule has 0 aromatic heterocycles. The highest BCUT2D eigenvalue weighted by atomic mass is 127. The van der Waals surface area contributed by atoms with Gasteiger partial charge in [-0.2, -0.15) is 0 Å². The maximum Gasteiger partial charge on any atom is 0.122 e. The van der Waals surface area contributed by atoms with Crippen LogP contribution < -0.4 is 4.74 Å². The molecule has 2 rings (SSSR count). The molecular formula is C16H19IO2. The van der Waals surface area contributed by atoms with Crippen molar-refractivity contribution in [2.75, 3.05) is 13.2 Å². The number of alkyl halides is 1. The van der Waals surface area contributed by atoms with E-state index in [-0.39, 0.29) is 3.42 Å². The number of hydrogen-bond donors (Lipinski definition) is 0. The first-order valence-electron chi connectivity index (χ1n) is 6.46. The first-order chi connectivity index (χ1) is 9.05. The minimum Gasteiger partial charge on any atom is -0.490 e. The Morgan fingerprint density at radius 3 is 2.53 bits per heavy atom. The second kappa shape index (κ2) is 6.46. The summed E-state index contributed by atoms with van der Waals surface area (Å²) >= 11 is 2.44. The van der Waals surface area contributed by atoms with Crippen molar-refractivity contribution >= 4 is 22.6 Å². The summed E-state index contributed by atoms with van der Waals surface area (Å²) in [4.78, 5) is 0. The van der Waals surface area contributed by atoms with Crippen LogP contribution in [0.4, 0.5) is 0 Å². The fourth-order valence-electron chi connectivity index (χ4n) is 1.85. The van der Waals surface area contributed by atoms with Crippen molar-refractivity contribution in [3.05, 3.63) is 53.8 Å². The monoisotopic (exact) mass is 370 g/mol. The quantitative estimate of drug-likeness (QED) is 0.434. The molecule has 19 heavy (non-hydrogen) atoms. The summed E-state index contributed by atoms with van der Waals surface area (Å²) in [7, 11) is 0. The average Bonchev–Trinajstić information content (AvgIpc) is 2.36. The molecule has 0 fully saturated rings. The Hall–Kier alpha value is -0.970. The van der Waals surface area contributed by atoms with Crippen molar-refractivity contribution in [1.29, 1.82) is 0 Å². The van der Waals surface area contributed by atoms with E-state index < -0.39 is 0 Å². The Balaban J connectivity index is 1.74. The third-order valence-electron chi connectivity index (χ3n) is 2.88. The number of allylic oxidation sites excluding steroid dienone is 3. The first-order valence-corrected chi connectivity index (χ1v) is 7.54. The van der Waals surface area contributed by atoms with E-state index in [9.17, 15) is 0 Å². The van der Waals surface area contributed by atoms with Crippen LogP contribution in [0, 0.1) is 6.92 Å². The van der Waals surface area contributed by atoms with Gasteiger partial charge in [0.05, 0.1) is 0 Å². The Kier molecular flexibility index (Phi) is 4.91. The summed E-state index contributed by atoms with van der Waals surface area (Å²) in [6, 6.07) is 8.06. The van der Waals surface area contributed by atoms with Crippen molar-refractivity contribution in [3.8, 4) is 5.75 Å². The lowest BCUT2D eigenvalue weighted by Gasteiger charge is -2.21. The lowest BCUT2D eigenvalue weighted by Crippen LogP contribution is -2.15. The van der Waals surface area contributed by atoms with Crippen LogP contribution in [0.15, 0.2) is 48.3 Å². The molecule has 0 N–H and O–H groups in total. The summed E-state index contributed by atoms with van der Waals surface area (Å²) in [6.45, 7) is 5.39. The van der Waals surface area contributed by atoms with E-state index in [0.29, 0.717) is 13.2 Å². The lowest BCUT2D eigenvalue weighted by molar-refractivity contribution is 0.162. The predicted octanol–water partition coefficient (Wildman–Crippen LogP) is 4.43. The normalized spacial score (nSPS) is 21.9. The van der Waals surface area contributed by atoms with Gasteiger partial charge in [-0.3, -0.25) is 0 Å². The van der Waals surface area contributed by atoms with Gasteiger partial charge in [0.25, 0.3) is 0 Å². The number of aryl methyl sites for hydroxylation is 1. The highest BCUT2D eigenvalue weighted by Crippen LogP contribution is 2.30. The van der Waals surface area contributed by atoms with E-state index in [1.165, 1.54) is 5.56 Å². The van der Waals surface area contributed by atoms with Gasteiger partial charge in [-0.15, -0.1) is 0 Å². The molecule has 1 atom stereocenters. The van der Waals surface area contributed by atoms with Crippen molar-refractivity contribution in [2.45, 2.75) is 23.7 Å². The number of benzene rings is 1. The summed E-state index contributed by atoms with van der Waals surface area (Å²) in [5.74, 6) is 1.83. The third kappa shape index (κ3) is 4.90. The molecule has 1 aliphatic carbocycles. The standard InChI is InChI=1S/C16H19IO2/c1-13-5-7-14(8-6-13)18-10-11-19-15-4-3-9-16(2,17)12-15/h3-8,12H,9-11H2,1-2H3/t16-/m0/s1. The number of halogens is 1. The molecular weight excluding hydrogens is 351 g/mol. The molecule has 0 aliphatic heterocycles. The third-order valence-corrected chi connectivity index (χ3v) is 3.64. The van der Waals surface area contributed by atoms with Gasteiger partial charge in [-0.1, -0.05) is 46.4 Å². The number of hydrogen-bond acceptors (Lipinski definition) is 2. The van der Waals surface area contributed by atoms with Crippen LogP contribution in [0.2, 0.25) is 0 Å². The molecule has 3 heteroatoms. The van der Waals surface area contributed by atoms with Crippen molar-refractivity contribution in [3.63, 3.8) is 0 Å². The van der Waals surface area contributed by atoms with E-state index in [2.05, 4.69) is 48.6 Å². The molecule has 1 aromatic carbocycles. The second-order valence-electron chi connectivity index (χ2n) is 4.94. The maximum absolute atomic E-state index is 5.71. The fourth-order valence-corrected chi connectivity index (χ4v) is 2.41. The molecule has 102 valence electrons. The van der Waals surface area contributed by atoms with Crippen molar-refractivity contribution < 1.29 is 9.47 Å². The number of rotatable bonds is 5. The largest absolute Gasteiger partial charge is 0.490 e.